The molecule has 3 heteroatoms. The molecule has 0 spiro atoms. The Morgan fingerprint density at radius 1 is 0.700 bits per heavy atom. The Morgan fingerprint density at radius 2 is 1.10 bits per heavy atom. The van der Waals surface area contributed by atoms with Crippen molar-refractivity contribution in [3.63, 3.8) is 0 Å². The van der Waals surface area contributed by atoms with Crippen LogP contribution in [0.4, 0.5) is 0 Å². The van der Waals surface area contributed by atoms with Gasteiger partial charge in [0.1, 0.15) is 0 Å². The Morgan fingerprint density at radius 3 is 1.40 bits per heavy atom. The van der Waals surface area contributed by atoms with Crippen molar-refractivity contribution in [3.05, 3.63) is 0 Å². The molecule has 0 radical (unpaired) electrons. The quantitative estimate of drug-likeness (QED) is 0.516. The second-order valence-electron chi connectivity index (χ2n) is 7.39. The molecule has 0 amide bonds. The third-order valence-electron chi connectivity index (χ3n) is 5.69. The molecular weight excluding hydrogens is 252 g/mol. The van der Waals surface area contributed by atoms with Gasteiger partial charge >= 0.3 is 0 Å². The molecule has 0 heterocycles. The lowest BCUT2D eigenvalue weighted by atomic mass is 9.92. The van der Waals surface area contributed by atoms with Gasteiger partial charge in [-0.2, -0.15) is 0 Å². The Labute approximate surface area is 123 Å². The van der Waals surface area contributed by atoms with Crippen LogP contribution >= 0.6 is 0 Å². The summed E-state index contributed by atoms with van der Waals surface area (Å²) < 4.78 is 0. The molecule has 3 nitrogen and oxygen atoms in total. The third kappa shape index (κ3) is 5.01. The molecule has 0 aromatic heterocycles. The Bertz CT molecular complexity index is 254. The molecule has 118 valence electrons. The first-order valence-corrected chi connectivity index (χ1v) is 8.54. The van der Waals surface area contributed by atoms with E-state index in [9.17, 15) is 5.11 Å². The highest BCUT2D eigenvalue weighted by atomic mass is 16.3. The summed E-state index contributed by atoms with van der Waals surface area (Å²) in [6, 6.07) is 0. The van der Waals surface area contributed by atoms with Crippen molar-refractivity contribution in [2.45, 2.75) is 83.2 Å². The SMILES string of the molecule is OCCC1(CCCC(O)CCCC2(CCO)CC2)CC1. The maximum absolute atomic E-state index is 10.0. The van der Waals surface area contributed by atoms with Crippen molar-refractivity contribution in [2.24, 2.45) is 10.8 Å². The standard InChI is InChI=1S/C17H32O3/c18-13-11-16(7-8-16)5-1-3-15(20)4-2-6-17(9-10-17)12-14-19/h15,18-20H,1-14H2. The highest BCUT2D eigenvalue weighted by Gasteiger charge is 2.41. The molecule has 2 fully saturated rings. The molecule has 0 aromatic carbocycles. The summed E-state index contributed by atoms with van der Waals surface area (Å²) in [5.74, 6) is 0. The topological polar surface area (TPSA) is 60.7 Å². The summed E-state index contributed by atoms with van der Waals surface area (Å²) in [4.78, 5) is 0. The molecule has 0 aliphatic heterocycles. The van der Waals surface area contributed by atoms with Crippen molar-refractivity contribution in [2.75, 3.05) is 13.2 Å². The second-order valence-corrected chi connectivity index (χ2v) is 7.39. The first kappa shape index (κ1) is 16.3. The van der Waals surface area contributed by atoms with Gasteiger partial charge in [-0.15, -0.1) is 0 Å². The van der Waals surface area contributed by atoms with Gasteiger partial charge in [0.2, 0.25) is 0 Å². The fourth-order valence-corrected chi connectivity index (χ4v) is 3.65. The normalized spacial score (nSPS) is 22.2. The van der Waals surface area contributed by atoms with Gasteiger partial charge in [-0.25, -0.2) is 0 Å². The average molecular weight is 284 g/mol. The molecule has 2 saturated carbocycles. The third-order valence-corrected chi connectivity index (χ3v) is 5.69. The van der Waals surface area contributed by atoms with Gasteiger partial charge < -0.3 is 15.3 Å². The smallest absolute Gasteiger partial charge is 0.0540 e. The van der Waals surface area contributed by atoms with Crippen LogP contribution in [0.25, 0.3) is 0 Å². The van der Waals surface area contributed by atoms with Crippen LogP contribution in [0, 0.1) is 10.8 Å². The first-order valence-electron chi connectivity index (χ1n) is 8.54. The predicted molar refractivity (Wildman–Crippen MR) is 80.4 cm³/mol. The van der Waals surface area contributed by atoms with Crippen LogP contribution in [-0.4, -0.2) is 34.6 Å². The van der Waals surface area contributed by atoms with E-state index < -0.39 is 0 Å². The number of hydrogen-bond acceptors (Lipinski definition) is 3. The minimum Gasteiger partial charge on any atom is -0.396 e. The maximum Gasteiger partial charge on any atom is 0.0540 e. The van der Waals surface area contributed by atoms with Crippen LogP contribution in [0.3, 0.4) is 0 Å². The largest absolute Gasteiger partial charge is 0.396 e. The van der Waals surface area contributed by atoms with Crippen molar-refractivity contribution >= 4 is 0 Å². The van der Waals surface area contributed by atoms with Crippen molar-refractivity contribution in [1.29, 1.82) is 0 Å². The van der Waals surface area contributed by atoms with E-state index in [1.54, 1.807) is 0 Å². The first-order chi connectivity index (χ1) is 9.64. The van der Waals surface area contributed by atoms with Gasteiger partial charge in [0.15, 0.2) is 0 Å². The number of hydrogen-bond donors (Lipinski definition) is 3. The van der Waals surface area contributed by atoms with Crippen molar-refractivity contribution in [3.8, 4) is 0 Å². The van der Waals surface area contributed by atoms with Gasteiger partial charge in [0.25, 0.3) is 0 Å². The van der Waals surface area contributed by atoms with Gasteiger partial charge in [-0.3, -0.25) is 0 Å². The molecule has 3 N–H and O–H groups in total. The summed E-state index contributed by atoms with van der Waals surface area (Å²) in [6.45, 7) is 0.630. The molecule has 20 heavy (non-hydrogen) atoms. The molecule has 0 bridgehead atoms. The highest BCUT2D eigenvalue weighted by Crippen LogP contribution is 2.53. The summed E-state index contributed by atoms with van der Waals surface area (Å²) in [6.07, 6.45) is 13.2. The minimum atomic E-state index is -0.148. The van der Waals surface area contributed by atoms with E-state index in [-0.39, 0.29) is 6.10 Å². The van der Waals surface area contributed by atoms with Crippen molar-refractivity contribution < 1.29 is 15.3 Å². The van der Waals surface area contributed by atoms with Crippen molar-refractivity contribution in [1.82, 2.24) is 0 Å². The molecule has 0 unspecified atom stereocenters. The van der Waals surface area contributed by atoms with E-state index in [4.69, 9.17) is 10.2 Å². The van der Waals surface area contributed by atoms with Gasteiger partial charge in [-0.1, -0.05) is 12.8 Å². The monoisotopic (exact) mass is 284 g/mol. The average Bonchev–Trinajstić information content (AvgIpc) is 3.30. The Hall–Kier alpha value is -0.120. The van der Waals surface area contributed by atoms with E-state index in [1.165, 1.54) is 38.5 Å². The van der Waals surface area contributed by atoms with Crippen LogP contribution in [-0.2, 0) is 0 Å². The molecule has 0 atom stereocenters. The summed E-state index contributed by atoms with van der Waals surface area (Å²) >= 11 is 0. The van der Waals surface area contributed by atoms with Gasteiger partial charge in [0, 0.05) is 13.2 Å². The molecular formula is C17H32O3. The minimum absolute atomic E-state index is 0.148. The fraction of sp³-hybridized carbons (Fsp3) is 1.00. The zero-order chi connectivity index (χ0) is 14.5. The van der Waals surface area contributed by atoms with Crippen LogP contribution in [0.1, 0.15) is 77.0 Å². The molecule has 0 saturated heterocycles. The van der Waals surface area contributed by atoms with Crippen LogP contribution in [0.2, 0.25) is 0 Å². The van der Waals surface area contributed by atoms with E-state index in [0.29, 0.717) is 24.0 Å². The molecule has 2 aliphatic rings. The molecule has 0 aromatic rings. The summed E-state index contributed by atoms with van der Waals surface area (Å²) in [5, 5.41) is 28.1. The molecule has 2 rings (SSSR count). The maximum atomic E-state index is 10.0. The predicted octanol–water partition coefficient (Wildman–Crippen LogP) is 3.01. The van der Waals surface area contributed by atoms with Gasteiger partial charge in [-0.05, 0) is 75.0 Å². The summed E-state index contributed by atoms with van der Waals surface area (Å²) in [7, 11) is 0. The second kappa shape index (κ2) is 7.24. The van der Waals surface area contributed by atoms with E-state index in [2.05, 4.69) is 0 Å². The summed E-state index contributed by atoms with van der Waals surface area (Å²) in [5.41, 5.74) is 0.876. The highest BCUT2D eigenvalue weighted by molar-refractivity contribution is 4.93. The zero-order valence-corrected chi connectivity index (χ0v) is 12.8. The van der Waals surface area contributed by atoms with Crippen LogP contribution in [0.5, 0.6) is 0 Å². The van der Waals surface area contributed by atoms with Gasteiger partial charge in [0.05, 0.1) is 6.10 Å². The Balaban J connectivity index is 1.49. The lowest BCUT2D eigenvalue weighted by Crippen LogP contribution is -2.11. The lowest BCUT2D eigenvalue weighted by molar-refractivity contribution is 0.139. The van der Waals surface area contributed by atoms with Crippen LogP contribution in [0.15, 0.2) is 0 Å². The number of aliphatic hydroxyl groups is 3. The van der Waals surface area contributed by atoms with Crippen LogP contribution < -0.4 is 0 Å². The number of rotatable bonds is 12. The van der Waals surface area contributed by atoms with E-state index >= 15 is 0 Å². The zero-order valence-electron chi connectivity index (χ0n) is 12.8. The Kier molecular flexibility index (Phi) is 5.88. The fourth-order valence-electron chi connectivity index (χ4n) is 3.65. The van der Waals surface area contributed by atoms with E-state index in [1.807, 2.05) is 0 Å². The molecule has 2 aliphatic carbocycles. The number of aliphatic hydroxyl groups excluding tert-OH is 3. The lowest BCUT2D eigenvalue weighted by Gasteiger charge is -2.17. The van der Waals surface area contributed by atoms with E-state index in [0.717, 1.165) is 38.5 Å².